The highest BCUT2D eigenvalue weighted by molar-refractivity contribution is 6.40. The Kier molecular flexibility index (Phi) is 2.30. The highest BCUT2D eigenvalue weighted by atomic mass is 35.5. The summed E-state index contributed by atoms with van der Waals surface area (Å²) in [6.45, 7) is 4.13. The number of benzene rings is 2. The molecule has 3 aromatic rings. The van der Waals surface area contributed by atoms with Gasteiger partial charge in [0.05, 0.1) is 16.1 Å². The Bertz CT molecular complexity index is 672. The molecule has 2 aromatic carbocycles. The molecule has 0 fully saturated rings. The van der Waals surface area contributed by atoms with Crippen molar-refractivity contribution >= 4 is 33.4 Å². The van der Waals surface area contributed by atoms with Gasteiger partial charge >= 0.3 is 0 Å². The van der Waals surface area contributed by atoms with E-state index in [-0.39, 0.29) is 0 Å². The molecule has 1 heterocycles. The Morgan fingerprint density at radius 3 is 1.76 bits per heavy atom. The smallest absolute Gasteiger partial charge is 0.0753 e. The molecule has 0 atom stereocenters. The molecule has 2 heteroatoms. The van der Waals surface area contributed by atoms with E-state index >= 15 is 0 Å². The average molecular weight is 242 g/mol. The van der Waals surface area contributed by atoms with E-state index in [1.54, 1.807) is 0 Å². The number of pyridine rings is 1. The monoisotopic (exact) mass is 241 g/mol. The normalized spacial score (nSPS) is 11.2. The van der Waals surface area contributed by atoms with Crippen molar-refractivity contribution < 1.29 is 0 Å². The Hall–Kier alpha value is -1.60. The molecule has 1 aromatic heterocycles. The summed E-state index contributed by atoms with van der Waals surface area (Å²) < 4.78 is 0. The maximum atomic E-state index is 6.48. The molecule has 0 unspecified atom stereocenters. The average Bonchev–Trinajstić information content (AvgIpc) is 2.32. The quantitative estimate of drug-likeness (QED) is 0.522. The van der Waals surface area contributed by atoms with Crippen LogP contribution in [0.5, 0.6) is 0 Å². The molecule has 0 bridgehead atoms. The van der Waals surface area contributed by atoms with E-state index < -0.39 is 0 Å². The van der Waals surface area contributed by atoms with Crippen molar-refractivity contribution in [3.05, 3.63) is 52.5 Å². The fraction of sp³-hybridized carbons (Fsp3) is 0.133. The number of aryl methyl sites for hydroxylation is 2. The molecule has 1 nitrogen and oxygen atoms in total. The number of hydrogen-bond donors (Lipinski definition) is 0. The number of para-hydroxylation sites is 2. The van der Waals surface area contributed by atoms with Crippen LogP contribution in [0.25, 0.3) is 21.8 Å². The lowest BCUT2D eigenvalue weighted by Crippen LogP contribution is -1.89. The first-order chi connectivity index (χ1) is 8.18. The summed E-state index contributed by atoms with van der Waals surface area (Å²) in [5.74, 6) is 0. The zero-order chi connectivity index (χ0) is 12.0. The van der Waals surface area contributed by atoms with Crippen LogP contribution in [0.2, 0.25) is 5.02 Å². The van der Waals surface area contributed by atoms with E-state index in [2.05, 4.69) is 26.0 Å². The van der Waals surface area contributed by atoms with Crippen molar-refractivity contribution in [3.8, 4) is 0 Å². The number of halogens is 1. The predicted molar refractivity (Wildman–Crippen MR) is 73.7 cm³/mol. The maximum Gasteiger partial charge on any atom is 0.0753 e. The lowest BCUT2D eigenvalue weighted by atomic mass is 10.1. The van der Waals surface area contributed by atoms with E-state index in [0.29, 0.717) is 0 Å². The molecular formula is C15H12ClN. The van der Waals surface area contributed by atoms with Gasteiger partial charge in [-0.3, -0.25) is 0 Å². The van der Waals surface area contributed by atoms with Gasteiger partial charge in [0, 0.05) is 10.8 Å². The van der Waals surface area contributed by atoms with Crippen LogP contribution in [0.1, 0.15) is 11.1 Å². The zero-order valence-corrected chi connectivity index (χ0v) is 10.5. The lowest BCUT2D eigenvalue weighted by molar-refractivity contribution is 1.39. The third-order valence-electron chi connectivity index (χ3n) is 3.17. The van der Waals surface area contributed by atoms with E-state index in [4.69, 9.17) is 16.6 Å². The Morgan fingerprint density at radius 2 is 1.29 bits per heavy atom. The first-order valence-corrected chi connectivity index (χ1v) is 6.00. The predicted octanol–water partition coefficient (Wildman–Crippen LogP) is 4.66. The van der Waals surface area contributed by atoms with Crippen molar-refractivity contribution in [2.45, 2.75) is 13.8 Å². The number of aromatic nitrogens is 1. The van der Waals surface area contributed by atoms with Gasteiger partial charge in [-0.25, -0.2) is 4.98 Å². The fourth-order valence-corrected chi connectivity index (χ4v) is 2.53. The van der Waals surface area contributed by atoms with Crippen LogP contribution in [-0.2, 0) is 0 Å². The Labute approximate surface area is 105 Å². The molecule has 0 spiro atoms. The largest absolute Gasteiger partial charge is 0.247 e. The molecule has 3 rings (SSSR count). The Morgan fingerprint density at radius 1 is 0.824 bits per heavy atom. The Balaban J connectivity index is 2.62. The highest BCUT2D eigenvalue weighted by Crippen LogP contribution is 2.32. The van der Waals surface area contributed by atoms with Gasteiger partial charge in [-0.05, 0) is 25.0 Å². The van der Waals surface area contributed by atoms with E-state index in [1.807, 2.05) is 24.3 Å². The SMILES string of the molecule is Cc1cccc2c(Cl)c3cccc(C)c3nc12. The number of hydrogen-bond acceptors (Lipinski definition) is 1. The molecule has 0 aliphatic rings. The standard InChI is InChI=1S/C15H12ClN/c1-9-5-3-7-11-13(16)12-8-4-6-10(2)15(12)17-14(9)11/h3-8H,1-2H3. The number of nitrogens with zero attached hydrogens (tertiary/aromatic N) is 1. The molecule has 0 saturated carbocycles. The summed E-state index contributed by atoms with van der Waals surface area (Å²) in [7, 11) is 0. The summed E-state index contributed by atoms with van der Waals surface area (Å²) in [5.41, 5.74) is 4.32. The second-order valence-electron chi connectivity index (χ2n) is 4.37. The molecule has 0 radical (unpaired) electrons. The minimum atomic E-state index is 0.803. The van der Waals surface area contributed by atoms with Gasteiger partial charge < -0.3 is 0 Å². The summed E-state index contributed by atoms with van der Waals surface area (Å²) in [5, 5.41) is 2.87. The van der Waals surface area contributed by atoms with E-state index in [0.717, 1.165) is 38.0 Å². The zero-order valence-electron chi connectivity index (χ0n) is 9.79. The second kappa shape index (κ2) is 3.71. The minimum absolute atomic E-state index is 0.803. The van der Waals surface area contributed by atoms with Crippen molar-refractivity contribution in [2.75, 3.05) is 0 Å². The van der Waals surface area contributed by atoms with Crippen molar-refractivity contribution in [2.24, 2.45) is 0 Å². The molecule has 17 heavy (non-hydrogen) atoms. The van der Waals surface area contributed by atoms with Gasteiger partial charge in [0.1, 0.15) is 0 Å². The fourth-order valence-electron chi connectivity index (χ4n) is 2.23. The van der Waals surface area contributed by atoms with Gasteiger partial charge in [-0.2, -0.15) is 0 Å². The summed E-state index contributed by atoms with van der Waals surface area (Å²) in [6.07, 6.45) is 0. The molecular weight excluding hydrogens is 230 g/mol. The van der Waals surface area contributed by atoms with Gasteiger partial charge in [0.2, 0.25) is 0 Å². The topological polar surface area (TPSA) is 12.9 Å². The minimum Gasteiger partial charge on any atom is -0.247 e. The molecule has 0 amide bonds. The van der Waals surface area contributed by atoms with E-state index in [1.165, 1.54) is 0 Å². The van der Waals surface area contributed by atoms with E-state index in [9.17, 15) is 0 Å². The van der Waals surface area contributed by atoms with Crippen LogP contribution >= 0.6 is 11.6 Å². The second-order valence-corrected chi connectivity index (χ2v) is 4.75. The van der Waals surface area contributed by atoms with Gasteiger partial charge in [0.25, 0.3) is 0 Å². The van der Waals surface area contributed by atoms with Crippen LogP contribution in [0.4, 0.5) is 0 Å². The highest BCUT2D eigenvalue weighted by Gasteiger charge is 2.09. The van der Waals surface area contributed by atoms with Crippen LogP contribution in [0, 0.1) is 13.8 Å². The van der Waals surface area contributed by atoms with Gasteiger partial charge in [-0.1, -0.05) is 48.0 Å². The van der Waals surface area contributed by atoms with Crippen molar-refractivity contribution in [1.82, 2.24) is 4.98 Å². The van der Waals surface area contributed by atoms with Gasteiger partial charge in [0.15, 0.2) is 0 Å². The number of fused-ring (bicyclic) bond motifs is 2. The van der Waals surface area contributed by atoms with Crippen molar-refractivity contribution in [3.63, 3.8) is 0 Å². The maximum absolute atomic E-state index is 6.48. The molecule has 0 aliphatic carbocycles. The summed E-state index contributed by atoms with van der Waals surface area (Å²) in [4.78, 5) is 4.75. The van der Waals surface area contributed by atoms with Crippen LogP contribution in [0.15, 0.2) is 36.4 Å². The first-order valence-electron chi connectivity index (χ1n) is 5.62. The first kappa shape index (κ1) is 10.5. The molecule has 0 aliphatic heterocycles. The lowest BCUT2D eigenvalue weighted by Gasteiger charge is -2.08. The summed E-state index contributed by atoms with van der Waals surface area (Å²) in [6, 6.07) is 12.2. The molecule has 0 saturated heterocycles. The third-order valence-corrected chi connectivity index (χ3v) is 3.58. The third kappa shape index (κ3) is 1.50. The van der Waals surface area contributed by atoms with Crippen LogP contribution < -0.4 is 0 Å². The summed E-state index contributed by atoms with van der Waals surface area (Å²) >= 11 is 6.48. The van der Waals surface area contributed by atoms with Crippen LogP contribution in [-0.4, -0.2) is 4.98 Å². The van der Waals surface area contributed by atoms with Crippen molar-refractivity contribution in [1.29, 1.82) is 0 Å². The molecule has 0 N–H and O–H groups in total. The van der Waals surface area contributed by atoms with Gasteiger partial charge in [-0.15, -0.1) is 0 Å². The number of rotatable bonds is 0. The molecule has 84 valence electrons. The van der Waals surface area contributed by atoms with Crippen LogP contribution in [0.3, 0.4) is 0 Å².